The van der Waals surface area contributed by atoms with Crippen LogP contribution in [-0.4, -0.2) is 42.5 Å². The lowest BCUT2D eigenvalue weighted by atomic mass is 9.96. The van der Waals surface area contributed by atoms with Gasteiger partial charge in [-0.2, -0.15) is 0 Å². The molecule has 0 saturated carbocycles. The molecular formula is C13H21NO2. The minimum atomic E-state index is 0.489. The van der Waals surface area contributed by atoms with Gasteiger partial charge in [-0.15, -0.1) is 0 Å². The van der Waals surface area contributed by atoms with Crippen LogP contribution >= 0.6 is 0 Å². The summed E-state index contributed by atoms with van der Waals surface area (Å²) in [5.74, 6) is 1.20. The standard InChI is InChI=1S/C13H21NO2/c15-13-6-11-3-4-12(7-13)14(11)8-10-2-1-5-16-9-10/h10-12H,1-9H2. The average molecular weight is 223 g/mol. The second kappa shape index (κ2) is 4.46. The van der Waals surface area contributed by atoms with E-state index < -0.39 is 0 Å². The third-order valence-electron chi connectivity index (χ3n) is 4.42. The Kier molecular flexibility index (Phi) is 2.99. The number of carbonyl (C=O) groups is 1. The van der Waals surface area contributed by atoms with E-state index >= 15 is 0 Å². The van der Waals surface area contributed by atoms with Gasteiger partial charge in [0.2, 0.25) is 0 Å². The van der Waals surface area contributed by atoms with Crippen molar-refractivity contribution in [2.24, 2.45) is 5.92 Å². The number of piperidine rings is 1. The second-order valence-corrected chi connectivity index (χ2v) is 5.61. The summed E-state index contributed by atoms with van der Waals surface area (Å²) in [5, 5.41) is 0. The van der Waals surface area contributed by atoms with Crippen molar-refractivity contribution in [2.75, 3.05) is 19.8 Å². The molecule has 0 aromatic rings. The summed E-state index contributed by atoms with van der Waals surface area (Å²) in [4.78, 5) is 14.1. The number of carbonyl (C=O) groups excluding carboxylic acids is 1. The molecule has 0 amide bonds. The molecule has 0 spiro atoms. The zero-order chi connectivity index (χ0) is 11.0. The summed E-state index contributed by atoms with van der Waals surface area (Å²) in [6.45, 7) is 3.05. The Hall–Kier alpha value is -0.410. The van der Waals surface area contributed by atoms with Gasteiger partial charge in [0, 0.05) is 38.1 Å². The fourth-order valence-corrected chi connectivity index (χ4v) is 3.61. The number of rotatable bonds is 2. The molecular weight excluding hydrogens is 202 g/mol. The molecule has 3 aliphatic rings. The van der Waals surface area contributed by atoms with Gasteiger partial charge in [-0.3, -0.25) is 9.69 Å². The molecule has 0 aliphatic carbocycles. The molecule has 2 bridgehead atoms. The first kappa shape index (κ1) is 10.7. The molecule has 3 nitrogen and oxygen atoms in total. The Labute approximate surface area is 97.1 Å². The van der Waals surface area contributed by atoms with Gasteiger partial charge in [0.15, 0.2) is 0 Å². The molecule has 3 fully saturated rings. The molecule has 16 heavy (non-hydrogen) atoms. The molecule has 3 atom stereocenters. The minimum Gasteiger partial charge on any atom is -0.381 e. The minimum absolute atomic E-state index is 0.489. The lowest BCUT2D eigenvalue weighted by Gasteiger charge is -2.37. The van der Waals surface area contributed by atoms with Gasteiger partial charge in [-0.05, 0) is 31.6 Å². The molecule has 3 saturated heterocycles. The summed E-state index contributed by atoms with van der Waals surface area (Å²) in [5.41, 5.74) is 0. The monoisotopic (exact) mass is 223 g/mol. The molecule has 0 N–H and O–H groups in total. The van der Waals surface area contributed by atoms with Gasteiger partial charge in [-0.1, -0.05) is 0 Å². The molecule has 0 radical (unpaired) electrons. The lowest BCUT2D eigenvalue weighted by Crippen LogP contribution is -2.46. The predicted molar refractivity (Wildman–Crippen MR) is 61.3 cm³/mol. The summed E-state index contributed by atoms with van der Waals surface area (Å²) in [6.07, 6.45) is 6.62. The number of nitrogens with zero attached hydrogens (tertiary/aromatic N) is 1. The van der Waals surface area contributed by atoms with E-state index in [0.717, 1.165) is 26.1 Å². The highest BCUT2D eigenvalue weighted by Gasteiger charge is 2.40. The SMILES string of the molecule is O=C1CC2CCC(C1)N2CC1CCCOC1. The maximum atomic E-state index is 11.5. The summed E-state index contributed by atoms with van der Waals surface area (Å²) < 4.78 is 5.54. The second-order valence-electron chi connectivity index (χ2n) is 5.61. The van der Waals surface area contributed by atoms with Crippen LogP contribution in [0.3, 0.4) is 0 Å². The third-order valence-corrected chi connectivity index (χ3v) is 4.42. The molecule has 90 valence electrons. The lowest BCUT2D eigenvalue weighted by molar-refractivity contribution is -0.124. The topological polar surface area (TPSA) is 29.5 Å². The maximum Gasteiger partial charge on any atom is 0.136 e. The van der Waals surface area contributed by atoms with Crippen LogP contribution < -0.4 is 0 Å². The zero-order valence-electron chi connectivity index (χ0n) is 9.86. The van der Waals surface area contributed by atoms with Crippen LogP contribution in [0.15, 0.2) is 0 Å². The van der Waals surface area contributed by atoms with Crippen LogP contribution in [0.4, 0.5) is 0 Å². The van der Waals surface area contributed by atoms with E-state index in [-0.39, 0.29) is 0 Å². The first-order valence-corrected chi connectivity index (χ1v) is 6.68. The van der Waals surface area contributed by atoms with Crippen molar-refractivity contribution in [3.05, 3.63) is 0 Å². The van der Waals surface area contributed by atoms with E-state index in [9.17, 15) is 4.79 Å². The van der Waals surface area contributed by atoms with Crippen molar-refractivity contribution < 1.29 is 9.53 Å². The number of Topliss-reactive ketones (excluding diaryl/α,β-unsaturated/α-hetero) is 1. The van der Waals surface area contributed by atoms with Gasteiger partial charge in [0.1, 0.15) is 5.78 Å². The number of hydrogen-bond acceptors (Lipinski definition) is 3. The number of fused-ring (bicyclic) bond motifs is 2. The van der Waals surface area contributed by atoms with Gasteiger partial charge in [0.25, 0.3) is 0 Å². The van der Waals surface area contributed by atoms with Crippen LogP contribution in [0.1, 0.15) is 38.5 Å². The molecule has 3 heteroatoms. The van der Waals surface area contributed by atoms with Gasteiger partial charge in [0.05, 0.1) is 6.61 Å². The van der Waals surface area contributed by atoms with Gasteiger partial charge >= 0.3 is 0 Å². The van der Waals surface area contributed by atoms with Crippen LogP contribution in [0.2, 0.25) is 0 Å². The fourth-order valence-electron chi connectivity index (χ4n) is 3.61. The van der Waals surface area contributed by atoms with Gasteiger partial charge in [-0.25, -0.2) is 0 Å². The molecule has 3 rings (SSSR count). The number of ketones is 1. The van der Waals surface area contributed by atoms with Crippen molar-refractivity contribution >= 4 is 5.78 Å². The Morgan fingerprint density at radius 2 is 1.94 bits per heavy atom. The molecule has 3 heterocycles. The normalized spacial score (nSPS) is 40.2. The van der Waals surface area contributed by atoms with E-state index in [2.05, 4.69) is 4.90 Å². The van der Waals surface area contributed by atoms with E-state index in [1.165, 1.54) is 32.2 Å². The van der Waals surface area contributed by atoms with Crippen molar-refractivity contribution in [1.29, 1.82) is 0 Å². The van der Waals surface area contributed by atoms with Crippen LogP contribution in [-0.2, 0) is 9.53 Å². The Bertz CT molecular complexity index is 257. The highest BCUT2D eigenvalue weighted by Crippen LogP contribution is 2.35. The molecule has 0 aromatic heterocycles. The van der Waals surface area contributed by atoms with E-state index in [4.69, 9.17) is 4.74 Å². The smallest absolute Gasteiger partial charge is 0.136 e. The van der Waals surface area contributed by atoms with Gasteiger partial charge < -0.3 is 4.74 Å². The van der Waals surface area contributed by atoms with Crippen molar-refractivity contribution in [3.8, 4) is 0 Å². The Morgan fingerprint density at radius 1 is 1.19 bits per heavy atom. The Balaban J connectivity index is 1.60. The van der Waals surface area contributed by atoms with E-state index in [1.807, 2.05) is 0 Å². The average Bonchev–Trinajstić information content (AvgIpc) is 2.54. The largest absolute Gasteiger partial charge is 0.381 e. The quantitative estimate of drug-likeness (QED) is 0.712. The summed E-state index contributed by atoms with van der Waals surface area (Å²) >= 11 is 0. The number of hydrogen-bond donors (Lipinski definition) is 0. The summed E-state index contributed by atoms with van der Waals surface area (Å²) in [6, 6.07) is 1.13. The summed E-state index contributed by atoms with van der Waals surface area (Å²) in [7, 11) is 0. The molecule has 3 unspecified atom stereocenters. The van der Waals surface area contributed by atoms with Crippen LogP contribution in [0.25, 0.3) is 0 Å². The van der Waals surface area contributed by atoms with E-state index in [1.54, 1.807) is 0 Å². The molecule has 0 aromatic carbocycles. The first-order valence-electron chi connectivity index (χ1n) is 6.68. The van der Waals surface area contributed by atoms with Crippen LogP contribution in [0, 0.1) is 5.92 Å². The highest BCUT2D eigenvalue weighted by molar-refractivity contribution is 5.80. The van der Waals surface area contributed by atoms with Crippen molar-refractivity contribution in [2.45, 2.75) is 50.6 Å². The van der Waals surface area contributed by atoms with E-state index in [0.29, 0.717) is 23.8 Å². The third kappa shape index (κ3) is 2.03. The Morgan fingerprint density at radius 3 is 2.56 bits per heavy atom. The first-order chi connectivity index (χ1) is 7.83. The maximum absolute atomic E-state index is 11.5. The molecule has 3 aliphatic heterocycles. The van der Waals surface area contributed by atoms with Crippen LogP contribution in [0.5, 0.6) is 0 Å². The van der Waals surface area contributed by atoms with Crippen molar-refractivity contribution in [3.63, 3.8) is 0 Å². The fraction of sp³-hybridized carbons (Fsp3) is 0.923. The zero-order valence-corrected chi connectivity index (χ0v) is 9.86. The van der Waals surface area contributed by atoms with Crippen molar-refractivity contribution in [1.82, 2.24) is 4.90 Å². The highest BCUT2D eigenvalue weighted by atomic mass is 16.5. The predicted octanol–water partition coefficient (Wildman–Crippen LogP) is 1.61. The number of ether oxygens (including phenoxy) is 1.